The second-order valence-electron chi connectivity index (χ2n) is 6.03. The van der Waals surface area contributed by atoms with Crippen molar-refractivity contribution in [3.05, 3.63) is 29.0 Å². The number of likely N-dealkylation sites (tertiary alicyclic amines) is 1. The van der Waals surface area contributed by atoms with Crippen LogP contribution in [0.3, 0.4) is 0 Å². The molecule has 0 aliphatic carbocycles. The maximum atomic E-state index is 5.84. The Bertz CT molecular complexity index is 577. The van der Waals surface area contributed by atoms with Gasteiger partial charge in [0, 0.05) is 6.54 Å². The molecule has 0 radical (unpaired) electrons. The van der Waals surface area contributed by atoms with E-state index in [0.29, 0.717) is 0 Å². The quantitative estimate of drug-likeness (QED) is 0.851. The van der Waals surface area contributed by atoms with Crippen LogP contribution in [0.2, 0.25) is 0 Å². The number of nitrogens with one attached hydrogen (secondary N) is 1. The van der Waals surface area contributed by atoms with Gasteiger partial charge in [0.25, 0.3) is 0 Å². The van der Waals surface area contributed by atoms with Crippen LogP contribution in [0.25, 0.3) is 10.8 Å². The minimum atomic E-state index is 0. The van der Waals surface area contributed by atoms with Gasteiger partial charge in [-0.05, 0) is 63.3 Å². The lowest BCUT2D eigenvalue weighted by Gasteiger charge is -2.31. The summed E-state index contributed by atoms with van der Waals surface area (Å²) in [4.78, 5) is 8.32. The second-order valence-corrected chi connectivity index (χ2v) is 6.97. The summed E-state index contributed by atoms with van der Waals surface area (Å²) in [5, 5.41) is 5.53. The first-order valence-corrected chi connectivity index (χ1v) is 9.07. The minimum Gasteiger partial charge on any atom is -0.440 e. The van der Waals surface area contributed by atoms with Crippen molar-refractivity contribution in [3.8, 4) is 10.8 Å². The summed E-state index contributed by atoms with van der Waals surface area (Å²) in [5.74, 6) is 2.55. The zero-order chi connectivity index (χ0) is 15.4. The lowest BCUT2D eigenvalue weighted by molar-refractivity contribution is 0.174. The molecule has 0 unspecified atom stereocenters. The molecular formula is C17H26ClN3OS. The summed E-state index contributed by atoms with van der Waals surface area (Å²) in [6.07, 6.45) is 2.56. The standard InChI is InChI=1S/C17H25N3OS.ClH/c1-3-18-11-14-6-8-20(9-7-14)12-15-13(2)21-17(19-15)16-5-4-10-22-16;/h4-5,10,14,18H,3,6-9,11-12H2,1-2H3;1H. The van der Waals surface area contributed by atoms with E-state index in [1.165, 1.54) is 12.8 Å². The molecule has 1 saturated heterocycles. The van der Waals surface area contributed by atoms with Crippen LogP contribution >= 0.6 is 23.7 Å². The van der Waals surface area contributed by atoms with E-state index in [1.54, 1.807) is 11.3 Å². The molecule has 4 nitrogen and oxygen atoms in total. The number of rotatable bonds is 6. The molecule has 0 bridgehead atoms. The van der Waals surface area contributed by atoms with E-state index in [4.69, 9.17) is 9.40 Å². The molecule has 0 spiro atoms. The molecule has 0 amide bonds. The van der Waals surface area contributed by atoms with E-state index in [0.717, 1.165) is 60.9 Å². The van der Waals surface area contributed by atoms with Gasteiger partial charge >= 0.3 is 0 Å². The largest absolute Gasteiger partial charge is 0.440 e. The predicted octanol–water partition coefficient (Wildman–Crippen LogP) is 3.95. The number of halogens is 1. The number of aromatic nitrogens is 1. The molecule has 2 aromatic rings. The van der Waals surface area contributed by atoms with E-state index in [9.17, 15) is 0 Å². The molecule has 0 atom stereocenters. The van der Waals surface area contributed by atoms with Crippen molar-refractivity contribution in [2.45, 2.75) is 33.2 Å². The number of hydrogen-bond donors (Lipinski definition) is 1. The lowest BCUT2D eigenvalue weighted by atomic mass is 9.96. The molecule has 1 aliphatic heterocycles. The Hall–Kier alpha value is -0.880. The van der Waals surface area contributed by atoms with Gasteiger partial charge in [-0.15, -0.1) is 23.7 Å². The van der Waals surface area contributed by atoms with Crippen LogP contribution in [0.4, 0.5) is 0 Å². The van der Waals surface area contributed by atoms with Crippen molar-refractivity contribution < 1.29 is 4.42 Å². The van der Waals surface area contributed by atoms with E-state index in [-0.39, 0.29) is 12.4 Å². The van der Waals surface area contributed by atoms with Crippen LogP contribution in [-0.4, -0.2) is 36.1 Å². The summed E-state index contributed by atoms with van der Waals surface area (Å²) in [6, 6.07) is 4.10. The van der Waals surface area contributed by atoms with Crippen molar-refractivity contribution in [3.63, 3.8) is 0 Å². The summed E-state index contributed by atoms with van der Waals surface area (Å²) >= 11 is 1.68. The average molecular weight is 356 g/mol. The highest BCUT2D eigenvalue weighted by molar-refractivity contribution is 7.13. The lowest BCUT2D eigenvalue weighted by Crippen LogP contribution is -2.37. The summed E-state index contributed by atoms with van der Waals surface area (Å²) in [6.45, 7) is 9.67. The van der Waals surface area contributed by atoms with Crippen molar-refractivity contribution in [2.75, 3.05) is 26.2 Å². The van der Waals surface area contributed by atoms with Gasteiger partial charge in [-0.2, -0.15) is 0 Å². The fourth-order valence-corrected chi connectivity index (χ4v) is 3.64. The van der Waals surface area contributed by atoms with Crippen molar-refractivity contribution in [1.29, 1.82) is 0 Å². The third kappa shape index (κ3) is 4.80. The van der Waals surface area contributed by atoms with E-state index in [2.05, 4.69) is 28.6 Å². The minimum absolute atomic E-state index is 0. The van der Waals surface area contributed by atoms with Gasteiger partial charge in [0.15, 0.2) is 0 Å². The summed E-state index contributed by atoms with van der Waals surface area (Å²) in [7, 11) is 0. The molecule has 1 fully saturated rings. The molecule has 1 aliphatic rings. The molecule has 1 N–H and O–H groups in total. The number of piperidine rings is 1. The number of aryl methyl sites for hydroxylation is 1. The molecule has 6 heteroatoms. The molecular weight excluding hydrogens is 330 g/mol. The zero-order valence-electron chi connectivity index (χ0n) is 13.9. The first kappa shape index (κ1) is 18.5. The van der Waals surface area contributed by atoms with Crippen LogP contribution in [0, 0.1) is 12.8 Å². The van der Waals surface area contributed by atoms with E-state index in [1.807, 2.05) is 13.0 Å². The highest BCUT2D eigenvalue weighted by Gasteiger charge is 2.21. The normalized spacial score (nSPS) is 16.4. The Labute approximate surface area is 148 Å². The maximum Gasteiger partial charge on any atom is 0.236 e. The predicted molar refractivity (Wildman–Crippen MR) is 98.3 cm³/mol. The Morgan fingerprint density at radius 3 is 2.83 bits per heavy atom. The highest BCUT2D eigenvalue weighted by Crippen LogP contribution is 2.27. The number of oxazole rings is 1. The summed E-state index contributed by atoms with van der Waals surface area (Å²) in [5.41, 5.74) is 1.09. The van der Waals surface area contributed by atoms with E-state index >= 15 is 0 Å². The van der Waals surface area contributed by atoms with Crippen LogP contribution in [0.5, 0.6) is 0 Å². The summed E-state index contributed by atoms with van der Waals surface area (Å²) < 4.78 is 5.84. The fourth-order valence-electron chi connectivity index (χ4n) is 2.99. The van der Waals surface area contributed by atoms with Crippen molar-refractivity contribution in [1.82, 2.24) is 15.2 Å². The van der Waals surface area contributed by atoms with Gasteiger partial charge in [-0.3, -0.25) is 4.90 Å². The van der Waals surface area contributed by atoms with Crippen LogP contribution in [-0.2, 0) is 6.54 Å². The van der Waals surface area contributed by atoms with Crippen LogP contribution in [0.1, 0.15) is 31.2 Å². The average Bonchev–Trinajstić information content (AvgIpc) is 3.17. The SMILES string of the molecule is CCNCC1CCN(Cc2nc(-c3cccs3)oc2C)CC1.Cl. The third-order valence-corrected chi connectivity index (χ3v) is 5.25. The van der Waals surface area contributed by atoms with Gasteiger partial charge in [0.1, 0.15) is 5.76 Å². The van der Waals surface area contributed by atoms with Gasteiger partial charge in [0.2, 0.25) is 5.89 Å². The van der Waals surface area contributed by atoms with Gasteiger partial charge in [0.05, 0.1) is 10.6 Å². The maximum absolute atomic E-state index is 5.84. The number of hydrogen-bond acceptors (Lipinski definition) is 5. The highest BCUT2D eigenvalue weighted by atomic mass is 35.5. The second kappa shape index (κ2) is 8.83. The monoisotopic (exact) mass is 355 g/mol. The molecule has 128 valence electrons. The molecule has 0 saturated carbocycles. The van der Waals surface area contributed by atoms with Gasteiger partial charge < -0.3 is 9.73 Å². The zero-order valence-corrected chi connectivity index (χ0v) is 15.5. The fraction of sp³-hybridized carbons (Fsp3) is 0.588. The van der Waals surface area contributed by atoms with Crippen molar-refractivity contribution in [2.24, 2.45) is 5.92 Å². The first-order chi connectivity index (χ1) is 10.8. The van der Waals surface area contributed by atoms with Gasteiger partial charge in [-0.25, -0.2) is 4.98 Å². The molecule has 0 aromatic carbocycles. The van der Waals surface area contributed by atoms with Gasteiger partial charge in [-0.1, -0.05) is 13.0 Å². The smallest absolute Gasteiger partial charge is 0.236 e. The van der Waals surface area contributed by atoms with Crippen molar-refractivity contribution >= 4 is 23.7 Å². The Morgan fingerprint density at radius 1 is 1.39 bits per heavy atom. The molecule has 3 heterocycles. The third-order valence-electron chi connectivity index (χ3n) is 4.39. The topological polar surface area (TPSA) is 41.3 Å². The number of nitrogens with zero attached hydrogens (tertiary/aromatic N) is 2. The molecule has 3 rings (SSSR count). The Morgan fingerprint density at radius 2 is 2.17 bits per heavy atom. The van der Waals surface area contributed by atoms with E-state index < -0.39 is 0 Å². The first-order valence-electron chi connectivity index (χ1n) is 8.19. The molecule has 2 aromatic heterocycles. The Balaban J connectivity index is 0.00000192. The van der Waals surface area contributed by atoms with Crippen LogP contribution < -0.4 is 5.32 Å². The number of thiophene rings is 1. The molecule has 23 heavy (non-hydrogen) atoms. The van der Waals surface area contributed by atoms with Crippen LogP contribution in [0.15, 0.2) is 21.9 Å². The Kier molecular flexibility index (Phi) is 7.09.